The summed E-state index contributed by atoms with van der Waals surface area (Å²) in [4.78, 5) is 168. The average molecular weight is 1370 g/mol. The number of aliphatic hydroxyl groups excluding tert-OH is 3. The number of primary amides is 1. The molecule has 0 aliphatic rings. The molecule has 0 fully saturated rings. The van der Waals surface area contributed by atoms with Crippen LogP contribution in [0.1, 0.15) is 68.2 Å². The lowest BCUT2D eigenvalue weighted by Crippen LogP contribution is -2.63. The zero-order valence-electron chi connectivity index (χ0n) is 52.9. The summed E-state index contributed by atoms with van der Waals surface area (Å²) in [6.45, 7) is 1.40. The molecule has 4 aromatic carbocycles. The Bertz CT molecular complexity index is 3440. The van der Waals surface area contributed by atoms with Gasteiger partial charge in [-0.15, -0.1) is 0 Å². The van der Waals surface area contributed by atoms with E-state index in [0.29, 0.717) is 39.6 Å². The molecular weight excluding hydrogens is 1280 g/mol. The number of rotatable bonds is 40. The number of unbranched alkanes of at least 4 members (excludes halogenated alkanes) is 1. The van der Waals surface area contributed by atoms with Gasteiger partial charge in [0.05, 0.1) is 25.2 Å². The topological polar surface area (TPSA) is 474 Å². The molecule has 11 amide bonds. The molecule has 12 atom stereocenters. The Labute approximate surface area is 564 Å². The lowest BCUT2D eigenvalue weighted by Gasteiger charge is -2.29. The minimum Gasteiger partial charge on any atom is -0.480 e. The van der Waals surface area contributed by atoms with E-state index < -0.39 is 157 Å². The van der Waals surface area contributed by atoms with Gasteiger partial charge in [-0.3, -0.25) is 52.7 Å². The monoisotopic (exact) mass is 1370 g/mol. The lowest BCUT2D eigenvalue weighted by atomic mass is 10.00. The number of hydrogen-bond acceptors (Lipinski definition) is 18. The summed E-state index contributed by atoms with van der Waals surface area (Å²) in [5, 5.41) is 66.9. The van der Waals surface area contributed by atoms with Gasteiger partial charge in [0.15, 0.2) is 0 Å². The van der Waals surface area contributed by atoms with E-state index in [2.05, 4.69) is 83.4 Å². The fourth-order valence-corrected chi connectivity index (χ4v) is 10.5. The van der Waals surface area contributed by atoms with Crippen LogP contribution in [0.25, 0.3) is 10.9 Å². The highest BCUT2D eigenvalue weighted by Crippen LogP contribution is 2.20. The Kier molecular flexibility index (Phi) is 31.8. The molecule has 0 radical (unpaired) electrons. The molecule has 29 nitrogen and oxygen atoms in total. The molecule has 19 N–H and O–H groups in total. The number of thiol groups is 2. The van der Waals surface area contributed by atoms with Gasteiger partial charge in [0, 0.05) is 55.0 Å². The van der Waals surface area contributed by atoms with Crippen molar-refractivity contribution in [3.8, 4) is 0 Å². The number of H-pyrrole nitrogens is 1. The summed E-state index contributed by atoms with van der Waals surface area (Å²) in [6, 6.07) is 16.2. The molecule has 0 aliphatic heterocycles. The number of nitrogens with two attached hydrogens (primary N) is 2. The molecule has 0 spiro atoms. The Balaban J connectivity index is 1.46. The summed E-state index contributed by atoms with van der Waals surface area (Å²) in [5.41, 5.74) is 14.1. The maximum atomic E-state index is 15.1. The van der Waals surface area contributed by atoms with E-state index >= 15 is 9.59 Å². The number of carboxylic acid groups (broad SMARTS) is 1. The molecule has 1 heterocycles. The molecule has 31 heteroatoms. The highest BCUT2D eigenvalue weighted by molar-refractivity contribution is 7.80. The van der Waals surface area contributed by atoms with Gasteiger partial charge in [-0.25, -0.2) is 4.79 Å². The van der Waals surface area contributed by atoms with Crippen LogP contribution in [0.4, 0.5) is 0 Å². The van der Waals surface area contributed by atoms with Crippen LogP contribution in [0.2, 0.25) is 0 Å². The quantitative estimate of drug-likeness (QED) is 0.0141. The van der Waals surface area contributed by atoms with E-state index in [-0.39, 0.29) is 63.0 Å². The Morgan fingerprint density at radius 1 is 0.469 bits per heavy atom. The van der Waals surface area contributed by atoms with Gasteiger partial charge >= 0.3 is 5.97 Å². The van der Waals surface area contributed by atoms with Gasteiger partial charge in [-0.1, -0.05) is 109 Å². The maximum Gasteiger partial charge on any atom is 0.327 e. The van der Waals surface area contributed by atoms with E-state index in [1.165, 1.54) is 0 Å². The predicted octanol–water partition coefficient (Wildman–Crippen LogP) is -2.62. The minimum absolute atomic E-state index is 0.110. The first kappa shape index (κ1) is 77.3. The standard InChI is InChI=1S/C65H85N13O16S2/c1-36(80)54(63(91)74-47(30-40-20-10-5-11-21-40)61(89)78-55(37(2)81)64(92)75-50(34-79)62(90)76-51(35-96)65(93)94)77-56(84)44(24-14-15-26-66)70-59(87)48(31-41-33-68-43-23-13-12-22-42(41)43)73-58(86)46(29-39-18-8-4-9-19-39)71-57(85)45(28-38-16-6-3-7-17-38)72-60(88)49(32-52(67)82)69-53(83)25-27-95/h3-13,16-23,33,36-37,44-51,54-55,68,79-81,95-96H,14-15,24-32,34-35,66H2,1-2H3,(H2,67,82)(H,69,83)(H,70,87)(H,71,85)(H,72,88)(H,73,86)(H,74,91)(H,75,92)(H,76,90)(H,77,84)(H,78,89)(H,93,94)/t36-,37-,44+,45+,46+,47+,48+,49+,50+,51+,54+,55+/m1/s1. The second-order valence-electron chi connectivity index (χ2n) is 22.8. The summed E-state index contributed by atoms with van der Waals surface area (Å²) in [7, 11) is 0. The largest absolute Gasteiger partial charge is 0.480 e. The molecule has 0 saturated heterocycles. The molecule has 0 saturated carbocycles. The van der Waals surface area contributed by atoms with E-state index in [0.717, 1.165) is 13.8 Å². The second-order valence-corrected chi connectivity index (χ2v) is 23.6. The number of nitrogens with one attached hydrogen (secondary N) is 11. The van der Waals surface area contributed by atoms with Crippen molar-refractivity contribution < 1.29 is 78.0 Å². The zero-order chi connectivity index (χ0) is 70.4. The maximum absolute atomic E-state index is 15.1. The molecule has 0 bridgehead atoms. The molecule has 518 valence electrons. The third-order valence-electron chi connectivity index (χ3n) is 15.2. The van der Waals surface area contributed by atoms with Crippen LogP contribution in [0.3, 0.4) is 0 Å². The summed E-state index contributed by atoms with van der Waals surface area (Å²) < 4.78 is 0. The van der Waals surface area contributed by atoms with Gasteiger partial charge in [0.2, 0.25) is 65.0 Å². The van der Waals surface area contributed by atoms with E-state index in [4.69, 9.17) is 11.5 Å². The van der Waals surface area contributed by atoms with Crippen molar-refractivity contribution >= 4 is 107 Å². The highest BCUT2D eigenvalue weighted by Gasteiger charge is 2.38. The number of aromatic nitrogens is 1. The van der Waals surface area contributed by atoms with Gasteiger partial charge in [-0.05, 0) is 73.7 Å². The number of hydrogen-bond donors (Lipinski definition) is 19. The summed E-state index contributed by atoms with van der Waals surface area (Å²) in [6.07, 6.45) is -2.88. The van der Waals surface area contributed by atoms with Crippen LogP contribution >= 0.6 is 25.3 Å². The second kappa shape index (κ2) is 39.5. The molecule has 5 rings (SSSR count). The van der Waals surface area contributed by atoms with Crippen LogP contribution in [-0.2, 0) is 83.2 Å². The molecule has 96 heavy (non-hydrogen) atoms. The number of carbonyl (C=O) groups is 12. The molecule has 0 aliphatic carbocycles. The number of carboxylic acids is 1. The molecule has 0 unspecified atom stereocenters. The Morgan fingerprint density at radius 2 is 0.854 bits per heavy atom. The summed E-state index contributed by atoms with van der Waals surface area (Å²) >= 11 is 7.96. The number of aliphatic carboxylic acids is 1. The van der Waals surface area contributed by atoms with Crippen LogP contribution in [0, 0.1) is 0 Å². The predicted molar refractivity (Wildman–Crippen MR) is 359 cm³/mol. The number of amides is 11. The SMILES string of the molecule is C[C@@H](O)[C@H](NC(=O)[C@H](Cc1ccccc1)NC(=O)[C@@H](NC(=O)[C@H](CCCCN)NC(=O)[C@H](Cc1c[nH]c2ccccc12)NC(=O)[C@H](Cc1ccccc1)NC(=O)[C@H](Cc1ccccc1)NC(=O)[C@H](CC(N)=O)NC(=O)CCS)[C@@H](C)O)C(=O)N[C@@H](CO)C(=O)N[C@@H](CS)C(=O)O. The number of benzene rings is 4. The fraction of sp³-hybridized carbons (Fsp3) is 0.415. The average Bonchev–Trinajstić information content (AvgIpc) is 1.53. The van der Waals surface area contributed by atoms with Crippen molar-refractivity contribution in [3.05, 3.63) is 144 Å². The number of aliphatic hydroxyl groups is 3. The van der Waals surface area contributed by atoms with Crippen molar-refractivity contribution in [3.63, 3.8) is 0 Å². The van der Waals surface area contributed by atoms with Crippen LogP contribution < -0.4 is 64.6 Å². The van der Waals surface area contributed by atoms with Crippen LogP contribution in [0.15, 0.2) is 121 Å². The lowest BCUT2D eigenvalue weighted by molar-refractivity contribution is -0.142. The number of para-hydroxylation sites is 1. The Hall–Kier alpha value is -9.40. The Morgan fingerprint density at radius 3 is 1.28 bits per heavy atom. The van der Waals surface area contributed by atoms with E-state index in [1.54, 1.807) is 121 Å². The van der Waals surface area contributed by atoms with Crippen molar-refractivity contribution in [1.29, 1.82) is 0 Å². The first-order valence-corrected chi connectivity index (χ1v) is 32.2. The zero-order valence-corrected chi connectivity index (χ0v) is 54.7. The van der Waals surface area contributed by atoms with Gasteiger partial charge < -0.3 is 90.0 Å². The highest BCUT2D eigenvalue weighted by atomic mass is 32.1. The van der Waals surface area contributed by atoms with Crippen molar-refractivity contribution in [2.24, 2.45) is 11.5 Å². The van der Waals surface area contributed by atoms with Gasteiger partial charge in [0.25, 0.3) is 0 Å². The molecular formula is C65H85N13O16S2. The van der Waals surface area contributed by atoms with Gasteiger partial charge in [-0.2, -0.15) is 25.3 Å². The van der Waals surface area contributed by atoms with Gasteiger partial charge in [0.1, 0.15) is 60.4 Å². The van der Waals surface area contributed by atoms with Crippen LogP contribution in [-0.4, -0.2) is 194 Å². The van der Waals surface area contributed by atoms with Crippen molar-refractivity contribution in [2.45, 2.75) is 144 Å². The number of aromatic amines is 1. The fourth-order valence-electron chi connectivity index (χ4n) is 10.0. The molecule has 5 aromatic rings. The van der Waals surface area contributed by atoms with E-state index in [1.807, 2.05) is 0 Å². The first-order valence-electron chi connectivity index (χ1n) is 31.0. The summed E-state index contributed by atoms with van der Waals surface area (Å²) in [5.74, 6) is -12.5. The molecule has 1 aromatic heterocycles. The van der Waals surface area contributed by atoms with E-state index in [9.17, 15) is 68.4 Å². The number of fused-ring (bicyclic) bond motifs is 1. The van der Waals surface area contributed by atoms with Crippen LogP contribution in [0.5, 0.6) is 0 Å². The third-order valence-corrected chi connectivity index (χ3v) is 15.8. The normalized spacial score (nSPS) is 14.9. The first-order chi connectivity index (χ1) is 45.9. The number of carbonyl (C=O) groups excluding carboxylic acids is 11. The van der Waals surface area contributed by atoms with Crippen molar-refractivity contribution in [2.75, 3.05) is 24.7 Å². The third kappa shape index (κ3) is 24.7. The smallest absolute Gasteiger partial charge is 0.327 e. The van der Waals surface area contributed by atoms with Crippen molar-refractivity contribution in [1.82, 2.24) is 58.2 Å². The minimum atomic E-state index is -1.87.